The number of hydrogen-bond acceptors (Lipinski definition) is 3. The molecule has 0 atom stereocenters. The third kappa shape index (κ3) is 2.14. The van der Waals surface area contributed by atoms with E-state index in [4.69, 9.17) is 4.42 Å². The lowest BCUT2D eigenvalue weighted by Crippen LogP contribution is -2.25. The van der Waals surface area contributed by atoms with Gasteiger partial charge < -0.3 is 9.73 Å². The minimum Gasteiger partial charge on any atom is -0.464 e. The number of fused-ring (bicyclic) bond motifs is 1. The van der Waals surface area contributed by atoms with Crippen LogP contribution in [0.4, 0.5) is 0 Å². The van der Waals surface area contributed by atoms with E-state index in [2.05, 4.69) is 5.32 Å². The van der Waals surface area contributed by atoms with Crippen molar-refractivity contribution in [2.75, 3.05) is 0 Å². The van der Waals surface area contributed by atoms with Crippen LogP contribution in [-0.2, 0) is 6.54 Å². The van der Waals surface area contributed by atoms with E-state index >= 15 is 0 Å². The molecular weight excluding hydrogens is 202 g/mol. The van der Waals surface area contributed by atoms with Crippen LogP contribution in [0.3, 0.4) is 0 Å². The largest absolute Gasteiger partial charge is 0.464 e. The number of hydrogen-bond donors (Lipinski definition) is 1. The first-order valence-corrected chi connectivity index (χ1v) is 5.41. The van der Waals surface area contributed by atoms with Crippen LogP contribution in [-0.4, -0.2) is 6.04 Å². The van der Waals surface area contributed by atoms with Gasteiger partial charge in [0.2, 0.25) is 0 Å². The molecule has 3 heteroatoms. The summed E-state index contributed by atoms with van der Waals surface area (Å²) in [4.78, 5) is 12.0. The molecule has 1 heterocycles. The van der Waals surface area contributed by atoms with Gasteiger partial charge in [-0.1, -0.05) is 26.0 Å². The van der Waals surface area contributed by atoms with Crippen molar-refractivity contribution in [2.24, 2.45) is 0 Å². The molecule has 0 amide bonds. The average Bonchev–Trinajstić information content (AvgIpc) is 2.28. The third-order valence-corrected chi connectivity index (χ3v) is 2.45. The van der Waals surface area contributed by atoms with E-state index in [0.29, 0.717) is 29.1 Å². The van der Waals surface area contributed by atoms with E-state index in [-0.39, 0.29) is 5.43 Å². The van der Waals surface area contributed by atoms with Crippen LogP contribution >= 0.6 is 0 Å². The number of rotatable bonds is 3. The number of nitrogens with one attached hydrogen (secondary N) is 1. The SMILES string of the molecule is CC(C)NCc1coc2ccccc2c1=O. The molecule has 2 rings (SSSR count). The van der Waals surface area contributed by atoms with E-state index in [1.807, 2.05) is 26.0 Å². The van der Waals surface area contributed by atoms with E-state index in [1.54, 1.807) is 18.4 Å². The molecule has 0 radical (unpaired) electrons. The van der Waals surface area contributed by atoms with Crippen molar-refractivity contribution < 1.29 is 4.42 Å². The molecule has 84 valence electrons. The first-order valence-electron chi connectivity index (χ1n) is 5.41. The van der Waals surface area contributed by atoms with E-state index in [0.717, 1.165) is 0 Å². The summed E-state index contributed by atoms with van der Waals surface area (Å²) in [5.74, 6) is 0. The second kappa shape index (κ2) is 4.49. The summed E-state index contributed by atoms with van der Waals surface area (Å²) in [6.07, 6.45) is 1.54. The molecule has 0 spiro atoms. The first-order chi connectivity index (χ1) is 7.68. The van der Waals surface area contributed by atoms with Gasteiger partial charge in [-0.25, -0.2) is 0 Å². The van der Waals surface area contributed by atoms with Gasteiger partial charge >= 0.3 is 0 Å². The maximum absolute atomic E-state index is 12.0. The fraction of sp³-hybridized carbons (Fsp3) is 0.308. The van der Waals surface area contributed by atoms with Crippen molar-refractivity contribution in [2.45, 2.75) is 26.4 Å². The van der Waals surface area contributed by atoms with Crippen LogP contribution in [0.2, 0.25) is 0 Å². The minimum absolute atomic E-state index is 0.0509. The molecule has 1 N–H and O–H groups in total. The zero-order valence-electron chi connectivity index (χ0n) is 9.49. The Morgan fingerprint density at radius 1 is 1.31 bits per heavy atom. The van der Waals surface area contributed by atoms with Crippen LogP contribution in [0.1, 0.15) is 19.4 Å². The molecule has 0 aliphatic heterocycles. The second-order valence-electron chi connectivity index (χ2n) is 4.12. The van der Waals surface area contributed by atoms with Gasteiger partial charge in [0.05, 0.1) is 11.6 Å². The molecule has 0 saturated carbocycles. The first kappa shape index (κ1) is 10.9. The Hall–Kier alpha value is -1.61. The maximum atomic E-state index is 12.0. The van der Waals surface area contributed by atoms with Crippen LogP contribution in [0, 0.1) is 0 Å². The monoisotopic (exact) mass is 217 g/mol. The smallest absolute Gasteiger partial charge is 0.197 e. The van der Waals surface area contributed by atoms with Gasteiger partial charge in [0.1, 0.15) is 5.58 Å². The Morgan fingerprint density at radius 3 is 2.81 bits per heavy atom. The summed E-state index contributed by atoms with van der Waals surface area (Å²) in [5.41, 5.74) is 1.36. The van der Waals surface area contributed by atoms with E-state index in [1.165, 1.54) is 0 Å². The van der Waals surface area contributed by atoms with Crippen LogP contribution < -0.4 is 10.7 Å². The Bertz CT molecular complexity index is 543. The molecule has 0 aliphatic rings. The van der Waals surface area contributed by atoms with Gasteiger partial charge in [-0.15, -0.1) is 0 Å². The van der Waals surface area contributed by atoms with Crippen LogP contribution in [0.5, 0.6) is 0 Å². The summed E-state index contributed by atoms with van der Waals surface area (Å²) in [6, 6.07) is 7.65. The number of benzene rings is 1. The fourth-order valence-electron chi connectivity index (χ4n) is 1.55. The van der Waals surface area contributed by atoms with Crippen molar-refractivity contribution in [3.05, 3.63) is 46.3 Å². The molecule has 0 unspecified atom stereocenters. The van der Waals surface area contributed by atoms with Gasteiger partial charge in [-0.05, 0) is 12.1 Å². The predicted octanol–water partition coefficient (Wildman–Crippen LogP) is 2.29. The Balaban J connectivity index is 2.41. The van der Waals surface area contributed by atoms with Crippen molar-refractivity contribution in [1.82, 2.24) is 5.32 Å². The molecule has 0 bridgehead atoms. The van der Waals surface area contributed by atoms with Crippen LogP contribution in [0.15, 0.2) is 39.7 Å². The summed E-state index contributed by atoms with van der Waals surface area (Å²) in [7, 11) is 0. The van der Waals surface area contributed by atoms with Gasteiger partial charge in [0.25, 0.3) is 0 Å². The minimum atomic E-state index is 0.0509. The molecule has 0 saturated heterocycles. The molecule has 16 heavy (non-hydrogen) atoms. The van der Waals surface area contributed by atoms with Gasteiger partial charge in [-0.2, -0.15) is 0 Å². The molecular formula is C13H15NO2. The molecule has 0 fully saturated rings. The Morgan fingerprint density at radius 2 is 2.06 bits per heavy atom. The normalized spacial score (nSPS) is 11.2. The predicted molar refractivity (Wildman–Crippen MR) is 64.5 cm³/mol. The highest BCUT2D eigenvalue weighted by molar-refractivity contribution is 5.76. The number of para-hydroxylation sites is 1. The van der Waals surface area contributed by atoms with E-state index < -0.39 is 0 Å². The summed E-state index contributed by atoms with van der Waals surface area (Å²) in [5, 5.41) is 3.85. The fourth-order valence-corrected chi connectivity index (χ4v) is 1.55. The van der Waals surface area contributed by atoms with Crippen molar-refractivity contribution in [3.8, 4) is 0 Å². The molecule has 1 aromatic heterocycles. The summed E-state index contributed by atoms with van der Waals surface area (Å²) >= 11 is 0. The molecule has 2 aromatic rings. The Labute approximate surface area is 94.1 Å². The third-order valence-electron chi connectivity index (χ3n) is 2.45. The quantitative estimate of drug-likeness (QED) is 0.857. The molecule has 0 aliphatic carbocycles. The lowest BCUT2D eigenvalue weighted by Gasteiger charge is -2.07. The lowest BCUT2D eigenvalue weighted by atomic mass is 10.1. The van der Waals surface area contributed by atoms with E-state index in [9.17, 15) is 4.79 Å². The highest BCUT2D eigenvalue weighted by Crippen LogP contribution is 2.10. The highest BCUT2D eigenvalue weighted by Gasteiger charge is 2.06. The average molecular weight is 217 g/mol. The highest BCUT2D eigenvalue weighted by atomic mass is 16.3. The van der Waals surface area contributed by atoms with Crippen molar-refractivity contribution >= 4 is 11.0 Å². The zero-order valence-corrected chi connectivity index (χ0v) is 9.49. The van der Waals surface area contributed by atoms with Gasteiger partial charge in [0.15, 0.2) is 5.43 Å². The summed E-state index contributed by atoms with van der Waals surface area (Å²) in [6.45, 7) is 4.64. The van der Waals surface area contributed by atoms with Gasteiger partial charge in [0, 0.05) is 18.2 Å². The maximum Gasteiger partial charge on any atom is 0.197 e. The zero-order chi connectivity index (χ0) is 11.5. The Kier molecular flexibility index (Phi) is 3.06. The topological polar surface area (TPSA) is 42.2 Å². The van der Waals surface area contributed by atoms with Gasteiger partial charge in [-0.3, -0.25) is 4.79 Å². The molecule has 1 aromatic carbocycles. The van der Waals surface area contributed by atoms with Crippen molar-refractivity contribution in [1.29, 1.82) is 0 Å². The standard InChI is InChI=1S/C13H15NO2/c1-9(2)14-7-10-8-16-12-6-4-3-5-11(12)13(10)15/h3-6,8-9,14H,7H2,1-2H3. The molecule has 3 nitrogen and oxygen atoms in total. The summed E-state index contributed by atoms with van der Waals surface area (Å²) < 4.78 is 5.42. The van der Waals surface area contributed by atoms with Crippen molar-refractivity contribution in [3.63, 3.8) is 0 Å². The lowest BCUT2D eigenvalue weighted by molar-refractivity contribution is 0.555. The van der Waals surface area contributed by atoms with Crippen LogP contribution in [0.25, 0.3) is 11.0 Å². The second-order valence-corrected chi connectivity index (χ2v) is 4.12.